The normalized spacial score (nSPS) is 10.9. The van der Waals surface area contributed by atoms with Crippen LogP contribution in [0, 0.1) is 0 Å². The van der Waals surface area contributed by atoms with Crippen molar-refractivity contribution in [1.29, 1.82) is 0 Å². The highest BCUT2D eigenvalue weighted by atomic mass is 15.0. The zero-order valence-corrected chi connectivity index (χ0v) is 8.94. The number of hydrogen-bond acceptors (Lipinski definition) is 3. The van der Waals surface area contributed by atoms with E-state index in [0.29, 0.717) is 0 Å². The number of imidazole rings is 1. The second kappa shape index (κ2) is 4.23. The fourth-order valence-electron chi connectivity index (χ4n) is 1.50. The van der Waals surface area contributed by atoms with E-state index in [4.69, 9.17) is 0 Å². The van der Waals surface area contributed by atoms with Crippen molar-refractivity contribution < 1.29 is 0 Å². The number of H-pyrrole nitrogens is 1. The monoisotopic (exact) mass is 202 g/mol. The maximum Gasteiger partial charge on any atom is 0.0924 e. The molecule has 4 nitrogen and oxygen atoms in total. The Hall–Kier alpha value is -1.68. The van der Waals surface area contributed by atoms with Crippen molar-refractivity contribution in [3.8, 4) is 11.3 Å². The van der Waals surface area contributed by atoms with E-state index in [1.165, 1.54) is 5.56 Å². The highest BCUT2D eigenvalue weighted by molar-refractivity contribution is 5.57. The minimum atomic E-state index is 0.898. The van der Waals surface area contributed by atoms with E-state index < -0.39 is 0 Å². The average Bonchev–Trinajstić information content (AvgIpc) is 2.69. The molecule has 0 aliphatic carbocycles. The number of aromatic nitrogens is 3. The Morgan fingerprint density at radius 3 is 2.73 bits per heavy atom. The van der Waals surface area contributed by atoms with Gasteiger partial charge in [-0.15, -0.1) is 0 Å². The van der Waals surface area contributed by atoms with Gasteiger partial charge >= 0.3 is 0 Å². The summed E-state index contributed by atoms with van der Waals surface area (Å²) >= 11 is 0. The molecule has 0 atom stereocenters. The molecule has 0 fully saturated rings. The van der Waals surface area contributed by atoms with E-state index in [2.05, 4.69) is 25.9 Å². The number of nitrogens with zero attached hydrogens (tertiary/aromatic N) is 3. The number of rotatable bonds is 3. The van der Waals surface area contributed by atoms with E-state index in [9.17, 15) is 0 Å². The molecule has 0 unspecified atom stereocenters. The van der Waals surface area contributed by atoms with Gasteiger partial charge in [-0.05, 0) is 25.7 Å². The first-order chi connectivity index (χ1) is 7.25. The zero-order valence-electron chi connectivity index (χ0n) is 8.94. The second-order valence-corrected chi connectivity index (χ2v) is 3.78. The summed E-state index contributed by atoms with van der Waals surface area (Å²) < 4.78 is 0. The van der Waals surface area contributed by atoms with Gasteiger partial charge in [0.1, 0.15) is 0 Å². The predicted molar refractivity (Wildman–Crippen MR) is 59.2 cm³/mol. The van der Waals surface area contributed by atoms with E-state index in [1.807, 2.05) is 26.5 Å². The Morgan fingerprint density at radius 2 is 2.07 bits per heavy atom. The molecule has 0 spiro atoms. The lowest BCUT2D eigenvalue weighted by Crippen LogP contribution is -2.10. The summed E-state index contributed by atoms with van der Waals surface area (Å²) in [4.78, 5) is 13.4. The number of pyridine rings is 1. The van der Waals surface area contributed by atoms with Gasteiger partial charge in [-0.2, -0.15) is 0 Å². The molecular formula is C11H14N4. The molecular weight excluding hydrogens is 188 g/mol. The summed E-state index contributed by atoms with van der Waals surface area (Å²) in [6.07, 6.45) is 7.21. The molecule has 0 amide bonds. The van der Waals surface area contributed by atoms with Crippen LogP contribution in [0.1, 0.15) is 5.56 Å². The van der Waals surface area contributed by atoms with Crippen molar-refractivity contribution in [3.05, 3.63) is 36.5 Å². The molecule has 1 N–H and O–H groups in total. The molecule has 2 rings (SSSR count). The predicted octanol–water partition coefficient (Wildman–Crippen LogP) is 1.53. The van der Waals surface area contributed by atoms with E-state index in [0.717, 1.165) is 17.8 Å². The smallest absolute Gasteiger partial charge is 0.0924 e. The average molecular weight is 202 g/mol. The quantitative estimate of drug-likeness (QED) is 0.821. The van der Waals surface area contributed by atoms with E-state index in [-0.39, 0.29) is 0 Å². The summed E-state index contributed by atoms with van der Waals surface area (Å²) in [6, 6.07) is 2.13. The lowest BCUT2D eigenvalue weighted by molar-refractivity contribution is 0.402. The molecule has 0 radical (unpaired) electrons. The lowest BCUT2D eigenvalue weighted by Gasteiger charge is -2.09. The second-order valence-electron chi connectivity index (χ2n) is 3.78. The van der Waals surface area contributed by atoms with Gasteiger partial charge in [0.25, 0.3) is 0 Å². The third kappa shape index (κ3) is 2.41. The van der Waals surface area contributed by atoms with Crippen LogP contribution in [0.5, 0.6) is 0 Å². The minimum absolute atomic E-state index is 0.898. The third-order valence-corrected chi connectivity index (χ3v) is 2.10. The van der Waals surface area contributed by atoms with Crippen molar-refractivity contribution in [1.82, 2.24) is 19.9 Å². The highest BCUT2D eigenvalue weighted by Crippen LogP contribution is 2.16. The van der Waals surface area contributed by atoms with Crippen molar-refractivity contribution in [2.24, 2.45) is 0 Å². The Morgan fingerprint density at radius 1 is 1.20 bits per heavy atom. The minimum Gasteiger partial charge on any atom is -0.345 e. The number of aromatic amines is 1. The van der Waals surface area contributed by atoms with Crippen molar-refractivity contribution in [2.75, 3.05) is 14.1 Å². The van der Waals surface area contributed by atoms with Crippen LogP contribution in [0.2, 0.25) is 0 Å². The molecule has 15 heavy (non-hydrogen) atoms. The van der Waals surface area contributed by atoms with Crippen LogP contribution >= 0.6 is 0 Å². The summed E-state index contributed by atoms with van der Waals surface area (Å²) in [5, 5.41) is 0. The van der Waals surface area contributed by atoms with Gasteiger partial charge in [-0.3, -0.25) is 4.98 Å². The number of nitrogens with one attached hydrogen (secondary N) is 1. The maximum atomic E-state index is 4.22. The fourth-order valence-corrected chi connectivity index (χ4v) is 1.50. The standard InChI is InChI=1S/C11H14N4/c1-15(2)7-9-3-10(5-12-4-9)11-6-13-8-14-11/h3-6,8H,7H2,1-2H3,(H,13,14). The van der Waals surface area contributed by atoms with Crippen LogP contribution < -0.4 is 0 Å². The molecule has 0 aliphatic rings. The van der Waals surface area contributed by atoms with Crippen LogP contribution in [0.3, 0.4) is 0 Å². The maximum absolute atomic E-state index is 4.22. The molecule has 78 valence electrons. The van der Waals surface area contributed by atoms with Crippen LogP contribution in [-0.4, -0.2) is 33.9 Å². The van der Waals surface area contributed by atoms with Gasteiger partial charge in [0.15, 0.2) is 0 Å². The first-order valence-electron chi connectivity index (χ1n) is 4.83. The lowest BCUT2D eigenvalue weighted by atomic mass is 10.1. The molecule has 0 aliphatic heterocycles. The molecule has 2 heterocycles. The van der Waals surface area contributed by atoms with Gasteiger partial charge in [-0.1, -0.05) is 0 Å². The molecule has 0 bridgehead atoms. The van der Waals surface area contributed by atoms with E-state index >= 15 is 0 Å². The first-order valence-corrected chi connectivity index (χ1v) is 4.83. The summed E-state index contributed by atoms with van der Waals surface area (Å²) in [6.45, 7) is 0.898. The number of hydrogen-bond donors (Lipinski definition) is 1. The van der Waals surface area contributed by atoms with Crippen molar-refractivity contribution in [2.45, 2.75) is 6.54 Å². The summed E-state index contributed by atoms with van der Waals surface area (Å²) in [7, 11) is 4.09. The molecule has 0 saturated carbocycles. The van der Waals surface area contributed by atoms with Gasteiger partial charge in [0.2, 0.25) is 0 Å². The summed E-state index contributed by atoms with van der Waals surface area (Å²) in [5.74, 6) is 0. The molecule has 4 heteroatoms. The van der Waals surface area contributed by atoms with Gasteiger partial charge in [-0.25, -0.2) is 4.98 Å². The van der Waals surface area contributed by atoms with Crippen molar-refractivity contribution in [3.63, 3.8) is 0 Å². The zero-order chi connectivity index (χ0) is 10.7. The third-order valence-electron chi connectivity index (χ3n) is 2.10. The molecule has 2 aromatic heterocycles. The first kappa shape index (κ1) is 9.86. The Kier molecular flexibility index (Phi) is 2.78. The Labute approximate surface area is 89.0 Å². The molecule has 0 aromatic carbocycles. The Balaban J connectivity index is 2.27. The van der Waals surface area contributed by atoms with Gasteiger partial charge < -0.3 is 9.88 Å². The van der Waals surface area contributed by atoms with Crippen LogP contribution in [0.25, 0.3) is 11.3 Å². The molecule has 2 aromatic rings. The fraction of sp³-hybridized carbons (Fsp3) is 0.273. The van der Waals surface area contributed by atoms with Crippen LogP contribution in [0.4, 0.5) is 0 Å². The molecule has 0 saturated heterocycles. The van der Waals surface area contributed by atoms with Gasteiger partial charge in [0.05, 0.1) is 18.2 Å². The largest absolute Gasteiger partial charge is 0.345 e. The van der Waals surface area contributed by atoms with Gasteiger partial charge in [0, 0.05) is 24.5 Å². The summed E-state index contributed by atoms with van der Waals surface area (Å²) in [5.41, 5.74) is 3.28. The van der Waals surface area contributed by atoms with E-state index in [1.54, 1.807) is 12.5 Å². The highest BCUT2D eigenvalue weighted by Gasteiger charge is 2.01. The van der Waals surface area contributed by atoms with Crippen molar-refractivity contribution >= 4 is 0 Å². The van der Waals surface area contributed by atoms with Crippen LogP contribution in [-0.2, 0) is 6.54 Å². The SMILES string of the molecule is CN(C)Cc1cncc(-c2cnc[nH]2)c1. The van der Waals surface area contributed by atoms with Crippen LogP contribution in [0.15, 0.2) is 31.0 Å². The topological polar surface area (TPSA) is 44.8 Å². The Bertz CT molecular complexity index is 420.